The van der Waals surface area contributed by atoms with Crippen LogP contribution >= 0.6 is 0 Å². The van der Waals surface area contributed by atoms with Gasteiger partial charge in [0.15, 0.2) is 5.78 Å². The van der Waals surface area contributed by atoms with Crippen LogP contribution in [0.15, 0.2) is 54.6 Å². The number of carbonyl (C=O) groups excluding carboxylic acids is 1. The van der Waals surface area contributed by atoms with Crippen molar-refractivity contribution >= 4 is 5.78 Å². The number of rotatable bonds is 6. The minimum atomic E-state index is -0.746. The SMILES string of the molecule is CCC(Cc1ccccc1)(C(=O)c1ccccc1F)N(C)C. The molecule has 0 spiro atoms. The molecule has 3 heteroatoms. The minimum absolute atomic E-state index is 0.161. The molecular weight excluding hydrogens is 277 g/mol. The van der Waals surface area contributed by atoms with Crippen LogP contribution < -0.4 is 0 Å². The molecule has 116 valence electrons. The molecule has 0 aromatic heterocycles. The summed E-state index contributed by atoms with van der Waals surface area (Å²) in [7, 11) is 3.76. The van der Waals surface area contributed by atoms with E-state index in [-0.39, 0.29) is 11.3 Å². The second-order valence-electron chi connectivity index (χ2n) is 5.75. The van der Waals surface area contributed by atoms with Crippen molar-refractivity contribution in [2.24, 2.45) is 0 Å². The van der Waals surface area contributed by atoms with Crippen molar-refractivity contribution in [1.82, 2.24) is 4.90 Å². The molecule has 0 fully saturated rings. The first-order chi connectivity index (χ1) is 10.5. The minimum Gasteiger partial charge on any atom is -0.297 e. The predicted molar refractivity (Wildman–Crippen MR) is 87.6 cm³/mol. The molecule has 0 saturated heterocycles. The third kappa shape index (κ3) is 3.09. The van der Waals surface area contributed by atoms with Gasteiger partial charge in [0.25, 0.3) is 0 Å². The molecule has 2 aromatic rings. The Balaban J connectivity index is 2.45. The number of nitrogens with zero attached hydrogens (tertiary/aromatic N) is 1. The second-order valence-corrected chi connectivity index (χ2v) is 5.75. The van der Waals surface area contributed by atoms with Gasteiger partial charge in [-0.2, -0.15) is 0 Å². The van der Waals surface area contributed by atoms with Crippen LogP contribution in [-0.2, 0) is 6.42 Å². The standard InChI is InChI=1S/C19H22FNO/c1-4-19(21(2)3,14-15-10-6-5-7-11-15)18(22)16-12-8-9-13-17(16)20/h5-13H,4,14H2,1-3H3. The number of ketones is 1. The monoisotopic (exact) mass is 299 g/mol. The molecule has 0 amide bonds. The van der Waals surface area contributed by atoms with Gasteiger partial charge in [0.2, 0.25) is 0 Å². The van der Waals surface area contributed by atoms with Crippen LogP contribution in [0.25, 0.3) is 0 Å². The molecule has 22 heavy (non-hydrogen) atoms. The van der Waals surface area contributed by atoms with Gasteiger partial charge in [0.05, 0.1) is 11.1 Å². The van der Waals surface area contributed by atoms with Crippen molar-refractivity contribution in [1.29, 1.82) is 0 Å². The summed E-state index contributed by atoms with van der Waals surface area (Å²) in [4.78, 5) is 15.0. The first kappa shape index (κ1) is 16.4. The molecule has 0 aliphatic heterocycles. The molecule has 1 unspecified atom stereocenters. The van der Waals surface area contributed by atoms with Gasteiger partial charge in [-0.05, 0) is 44.6 Å². The van der Waals surface area contributed by atoms with Crippen LogP contribution in [0.1, 0.15) is 29.3 Å². The summed E-state index contributed by atoms with van der Waals surface area (Å²) in [6.07, 6.45) is 1.17. The number of carbonyl (C=O) groups is 1. The number of hydrogen-bond acceptors (Lipinski definition) is 2. The smallest absolute Gasteiger partial charge is 0.186 e. The van der Waals surface area contributed by atoms with E-state index < -0.39 is 11.4 Å². The van der Waals surface area contributed by atoms with E-state index in [1.165, 1.54) is 6.07 Å². The number of hydrogen-bond donors (Lipinski definition) is 0. The molecular formula is C19H22FNO. The summed E-state index contributed by atoms with van der Waals surface area (Å²) in [5.41, 5.74) is 0.487. The zero-order chi connectivity index (χ0) is 16.2. The summed E-state index contributed by atoms with van der Waals surface area (Å²) >= 11 is 0. The van der Waals surface area contributed by atoms with Gasteiger partial charge in [-0.25, -0.2) is 4.39 Å². The van der Waals surface area contributed by atoms with Crippen molar-refractivity contribution < 1.29 is 9.18 Å². The molecule has 2 nitrogen and oxygen atoms in total. The topological polar surface area (TPSA) is 20.3 Å². The van der Waals surface area contributed by atoms with E-state index in [9.17, 15) is 9.18 Å². The van der Waals surface area contributed by atoms with Crippen LogP contribution in [0, 0.1) is 5.82 Å². The van der Waals surface area contributed by atoms with E-state index >= 15 is 0 Å². The van der Waals surface area contributed by atoms with Gasteiger partial charge >= 0.3 is 0 Å². The number of benzene rings is 2. The number of likely N-dealkylation sites (N-methyl/N-ethyl adjacent to an activating group) is 1. The third-order valence-corrected chi connectivity index (χ3v) is 4.32. The quantitative estimate of drug-likeness (QED) is 0.752. The molecule has 2 rings (SSSR count). The molecule has 1 atom stereocenters. The fourth-order valence-corrected chi connectivity index (χ4v) is 2.87. The molecule has 0 saturated carbocycles. The Labute approximate surface area is 131 Å². The lowest BCUT2D eigenvalue weighted by Gasteiger charge is -2.38. The summed E-state index contributed by atoms with van der Waals surface area (Å²) in [5.74, 6) is -0.623. The van der Waals surface area contributed by atoms with Crippen LogP contribution in [-0.4, -0.2) is 30.3 Å². The van der Waals surface area contributed by atoms with Crippen LogP contribution in [0.5, 0.6) is 0 Å². The lowest BCUT2D eigenvalue weighted by Crippen LogP contribution is -2.52. The van der Waals surface area contributed by atoms with Gasteiger partial charge < -0.3 is 0 Å². The largest absolute Gasteiger partial charge is 0.297 e. The highest BCUT2D eigenvalue weighted by Crippen LogP contribution is 2.28. The second kappa shape index (κ2) is 6.84. The van der Waals surface area contributed by atoms with Crippen molar-refractivity contribution in [3.05, 3.63) is 71.5 Å². The zero-order valence-corrected chi connectivity index (χ0v) is 13.3. The normalized spacial score (nSPS) is 13.9. The van der Waals surface area contributed by atoms with Crippen LogP contribution in [0.3, 0.4) is 0 Å². The van der Waals surface area contributed by atoms with E-state index in [4.69, 9.17) is 0 Å². The first-order valence-electron chi connectivity index (χ1n) is 7.52. The molecule has 0 aliphatic rings. The predicted octanol–water partition coefficient (Wildman–Crippen LogP) is 3.96. The maximum absolute atomic E-state index is 14.1. The summed E-state index contributed by atoms with van der Waals surface area (Å²) in [6.45, 7) is 1.97. The Morgan fingerprint density at radius 2 is 1.64 bits per heavy atom. The highest BCUT2D eigenvalue weighted by atomic mass is 19.1. The Morgan fingerprint density at radius 1 is 1.05 bits per heavy atom. The highest BCUT2D eigenvalue weighted by molar-refractivity contribution is 6.03. The molecule has 0 aliphatic carbocycles. The lowest BCUT2D eigenvalue weighted by molar-refractivity contribution is 0.0662. The van der Waals surface area contributed by atoms with Gasteiger partial charge in [0.1, 0.15) is 5.82 Å². The average molecular weight is 299 g/mol. The Bertz CT molecular complexity index is 639. The fraction of sp³-hybridized carbons (Fsp3) is 0.316. The van der Waals surface area contributed by atoms with Crippen molar-refractivity contribution in [3.63, 3.8) is 0 Å². The van der Waals surface area contributed by atoms with E-state index in [0.717, 1.165) is 5.56 Å². The highest BCUT2D eigenvalue weighted by Gasteiger charge is 2.40. The molecule has 2 aromatic carbocycles. The lowest BCUT2D eigenvalue weighted by atomic mass is 9.80. The van der Waals surface area contributed by atoms with Gasteiger partial charge in [-0.1, -0.05) is 49.4 Å². The molecule has 0 N–H and O–H groups in total. The van der Waals surface area contributed by atoms with E-state index in [1.807, 2.05) is 56.3 Å². The summed E-state index contributed by atoms with van der Waals surface area (Å²) in [6, 6.07) is 16.1. The maximum Gasteiger partial charge on any atom is 0.186 e. The summed E-state index contributed by atoms with van der Waals surface area (Å²) in [5, 5.41) is 0. The number of Topliss-reactive ketones (excluding diaryl/α,β-unsaturated/α-hetero) is 1. The molecule has 0 heterocycles. The maximum atomic E-state index is 14.1. The average Bonchev–Trinajstić information content (AvgIpc) is 2.53. The van der Waals surface area contributed by atoms with Gasteiger partial charge in [-0.3, -0.25) is 9.69 Å². The number of halogens is 1. The van der Waals surface area contributed by atoms with Gasteiger partial charge in [0, 0.05) is 0 Å². The van der Waals surface area contributed by atoms with E-state index in [2.05, 4.69) is 0 Å². The van der Waals surface area contributed by atoms with E-state index in [1.54, 1.807) is 18.2 Å². The van der Waals surface area contributed by atoms with Crippen molar-refractivity contribution in [2.75, 3.05) is 14.1 Å². The van der Waals surface area contributed by atoms with Crippen LogP contribution in [0.2, 0.25) is 0 Å². The molecule has 0 bridgehead atoms. The van der Waals surface area contributed by atoms with Gasteiger partial charge in [-0.15, -0.1) is 0 Å². The Morgan fingerprint density at radius 3 is 2.18 bits per heavy atom. The van der Waals surface area contributed by atoms with Crippen LogP contribution in [0.4, 0.5) is 4.39 Å². The van der Waals surface area contributed by atoms with Crippen molar-refractivity contribution in [3.8, 4) is 0 Å². The summed E-state index contributed by atoms with van der Waals surface area (Å²) < 4.78 is 14.1. The first-order valence-corrected chi connectivity index (χ1v) is 7.52. The van der Waals surface area contributed by atoms with E-state index in [0.29, 0.717) is 12.8 Å². The third-order valence-electron chi connectivity index (χ3n) is 4.32. The Kier molecular flexibility index (Phi) is 5.09. The zero-order valence-electron chi connectivity index (χ0n) is 13.3. The molecule has 0 radical (unpaired) electrons. The fourth-order valence-electron chi connectivity index (χ4n) is 2.87. The van der Waals surface area contributed by atoms with Crippen molar-refractivity contribution in [2.45, 2.75) is 25.3 Å². The Hall–Kier alpha value is -2.00.